The Hall–Kier alpha value is 0.0948. The Morgan fingerprint density at radius 3 is 1.93 bits per heavy atom. The molecule has 0 bridgehead atoms. The van der Waals surface area contributed by atoms with Gasteiger partial charge in [0.15, 0.2) is 0 Å². The summed E-state index contributed by atoms with van der Waals surface area (Å²) in [6.07, 6.45) is 0.991. The van der Waals surface area contributed by atoms with Crippen LogP contribution in [0.25, 0.3) is 0 Å². The monoisotopic (exact) mass is 201 g/mol. The van der Waals surface area contributed by atoms with Crippen LogP contribution in [0.3, 0.4) is 0 Å². The Kier molecular flexibility index (Phi) is 14.5. The van der Waals surface area contributed by atoms with Crippen LogP contribution in [0.4, 0.5) is 0 Å². The molecular formula is C8H13Li2NO4. The Balaban J connectivity index is -0.000000720. The van der Waals surface area contributed by atoms with Crippen molar-refractivity contribution in [1.29, 1.82) is 0 Å². The van der Waals surface area contributed by atoms with E-state index in [1.807, 2.05) is 0 Å². The molecule has 0 unspecified atom stereocenters. The van der Waals surface area contributed by atoms with Crippen LogP contribution in [0.1, 0.15) is 26.7 Å². The summed E-state index contributed by atoms with van der Waals surface area (Å²) in [6, 6.07) is -1.90. The maximum Gasteiger partial charge on any atom is 1.00 e. The van der Waals surface area contributed by atoms with Gasteiger partial charge in [-0.3, -0.25) is 0 Å². The van der Waals surface area contributed by atoms with Gasteiger partial charge in [0, 0.05) is 12.1 Å². The molecule has 0 aromatic heterocycles. The second-order valence-corrected chi connectivity index (χ2v) is 2.87. The van der Waals surface area contributed by atoms with Crippen molar-refractivity contribution in [2.45, 2.75) is 38.8 Å². The maximum atomic E-state index is 10.5. The molecule has 0 aliphatic rings. The van der Waals surface area contributed by atoms with Crippen LogP contribution in [0.15, 0.2) is 0 Å². The zero-order valence-electron chi connectivity index (χ0n) is 9.70. The largest absolute Gasteiger partial charge is 1.00 e. The van der Waals surface area contributed by atoms with Gasteiger partial charge >= 0.3 is 37.7 Å². The summed E-state index contributed by atoms with van der Waals surface area (Å²) in [7, 11) is 0. The summed E-state index contributed by atoms with van der Waals surface area (Å²) < 4.78 is 0. The van der Waals surface area contributed by atoms with Gasteiger partial charge < -0.3 is 25.1 Å². The first-order chi connectivity index (χ1) is 5.99. The van der Waals surface area contributed by atoms with E-state index in [0.29, 0.717) is 12.8 Å². The molecule has 0 saturated carbocycles. The molecule has 5 nitrogen and oxygen atoms in total. The summed E-state index contributed by atoms with van der Waals surface area (Å²) in [5.41, 5.74) is 0. The maximum absolute atomic E-state index is 10.5. The third kappa shape index (κ3) is 9.05. The Morgan fingerprint density at radius 1 is 1.20 bits per heavy atom. The Labute approximate surface area is 113 Å². The fourth-order valence-corrected chi connectivity index (χ4v) is 0.928. The normalized spacial score (nSPS) is 12.9. The van der Waals surface area contributed by atoms with E-state index < -0.39 is 24.0 Å². The van der Waals surface area contributed by atoms with Gasteiger partial charge in [0.1, 0.15) is 0 Å². The number of nitrogens with one attached hydrogen (secondary N) is 1. The van der Waals surface area contributed by atoms with E-state index in [2.05, 4.69) is 5.32 Å². The van der Waals surface area contributed by atoms with Crippen LogP contribution in [-0.4, -0.2) is 24.0 Å². The molecule has 1 N–H and O–H groups in total. The van der Waals surface area contributed by atoms with E-state index in [1.165, 1.54) is 6.92 Å². The number of aliphatic carboxylic acids is 2. The van der Waals surface area contributed by atoms with Crippen molar-refractivity contribution in [3.05, 3.63) is 0 Å². The van der Waals surface area contributed by atoms with E-state index in [0.717, 1.165) is 0 Å². The van der Waals surface area contributed by atoms with Crippen molar-refractivity contribution in [1.82, 2.24) is 5.32 Å². The number of carbonyl (C=O) groups is 2. The van der Waals surface area contributed by atoms with E-state index in [9.17, 15) is 19.8 Å². The smallest absolute Gasteiger partial charge is 0.548 e. The van der Waals surface area contributed by atoms with E-state index in [-0.39, 0.29) is 37.7 Å². The van der Waals surface area contributed by atoms with Crippen molar-refractivity contribution in [3.8, 4) is 0 Å². The van der Waals surface area contributed by atoms with Gasteiger partial charge in [0.05, 0.1) is 11.9 Å². The predicted molar refractivity (Wildman–Crippen MR) is 41.3 cm³/mol. The number of rotatable bonds is 6. The fourth-order valence-electron chi connectivity index (χ4n) is 0.928. The average Bonchev–Trinajstić information content (AvgIpc) is 2.03. The number of carboxylic acid groups (broad SMARTS) is 2. The quantitative estimate of drug-likeness (QED) is 0.431. The third-order valence-electron chi connectivity index (χ3n) is 1.67. The molecule has 0 aliphatic heterocycles. The van der Waals surface area contributed by atoms with E-state index in [4.69, 9.17) is 0 Å². The first-order valence-electron chi connectivity index (χ1n) is 4.16. The van der Waals surface area contributed by atoms with Crippen LogP contribution in [0.5, 0.6) is 0 Å². The molecule has 0 radical (unpaired) electrons. The Bertz CT molecular complexity index is 201. The number of hydrogen-bond acceptors (Lipinski definition) is 5. The Morgan fingerprint density at radius 2 is 1.67 bits per heavy atom. The fraction of sp³-hybridized carbons (Fsp3) is 0.750. The molecule has 0 heterocycles. The number of carboxylic acids is 2. The van der Waals surface area contributed by atoms with Crippen LogP contribution in [0.2, 0.25) is 0 Å². The first kappa shape index (κ1) is 20.5. The van der Waals surface area contributed by atoms with Crippen molar-refractivity contribution < 1.29 is 57.5 Å². The summed E-state index contributed by atoms with van der Waals surface area (Å²) in [5, 5.41) is 23.1. The zero-order valence-corrected chi connectivity index (χ0v) is 9.70. The summed E-state index contributed by atoms with van der Waals surface area (Å²) in [4.78, 5) is 20.7. The molecule has 0 amide bonds. The standard InChI is InChI=1S/C8H15NO4.2Li/c1-3-4-6(8(12)13)9-5(2)7(10)11;;/h5-6,9H,3-4H2,1-2H3,(H,10,11)(H,12,13);;/q;2*+1/p-2/t5-,6-;;/m0../s1. The van der Waals surface area contributed by atoms with Gasteiger partial charge in [-0.05, 0) is 13.3 Å². The van der Waals surface area contributed by atoms with Gasteiger partial charge in [-0.15, -0.1) is 0 Å². The second kappa shape index (κ2) is 10.6. The van der Waals surface area contributed by atoms with Crippen molar-refractivity contribution >= 4 is 11.9 Å². The topological polar surface area (TPSA) is 92.3 Å². The minimum Gasteiger partial charge on any atom is -0.548 e. The van der Waals surface area contributed by atoms with Gasteiger partial charge in [-0.25, -0.2) is 0 Å². The van der Waals surface area contributed by atoms with E-state index in [1.54, 1.807) is 6.92 Å². The summed E-state index contributed by atoms with van der Waals surface area (Å²) in [5.74, 6) is -2.60. The minimum atomic E-state index is -1.32. The molecule has 0 aromatic carbocycles. The molecule has 0 aromatic rings. The molecule has 0 fully saturated rings. The van der Waals surface area contributed by atoms with Gasteiger partial charge in [0.25, 0.3) is 0 Å². The second-order valence-electron chi connectivity index (χ2n) is 2.87. The number of carbonyl (C=O) groups excluding carboxylic acids is 2. The molecule has 0 saturated heterocycles. The predicted octanol–water partition coefficient (Wildman–Crippen LogP) is -8.36. The molecule has 15 heavy (non-hydrogen) atoms. The zero-order chi connectivity index (χ0) is 10.4. The molecule has 0 aliphatic carbocycles. The minimum absolute atomic E-state index is 0. The van der Waals surface area contributed by atoms with Crippen LogP contribution >= 0.6 is 0 Å². The third-order valence-corrected chi connectivity index (χ3v) is 1.67. The molecular weight excluding hydrogens is 188 g/mol. The van der Waals surface area contributed by atoms with Gasteiger partial charge in [0.2, 0.25) is 0 Å². The van der Waals surface area contributed by atoms with Crippen LogP contribution in [0, 0.1) is 0 Å². The van der Waals surface area contributed by atoms with Crippen molar-refractivity contribution in [2.24, 2.45) is 0 Å². The average molecular weight is 201 g/mol. The van der Waals surface area contributed by atoms with Gasteiger partial charge in [-0.2, -0.15) is 0 Å². The molecule has 76 valence electrons. The van der Waals surface area contributed by atoms with Crippen molar-refractivity contribution in [2.75, 3.05) is 0 Å². The summed E-state index contributed by atoms with van der Waals surface area (Å²) in [6.45, 7) is 3.14. The molecule has 0 rings (SSSR count). The van der Waals surface area contributed by atoms with Crippen molar-refractivity contribution in [3.63, 3.8) is 0 Å². The van der Waals surface area contributed by atoms with E-state index >= 15 is 0 Å². The molecule has 2 atom stereocenters. The molecule has 0 spiro atoms. The summed E-state index contributed by atoms with van der Waals surface area (Å²) >= 11 is 0. The SMILES string of the molecule is CCC[C@H](N[C@@H](C)C(=O)[O-])C(=O)[O-].[Li+].[Li+]. The van der Waals surface area contributed by atoms with Crippen LogP contribution < -0.4 is 53.3 Å². The first-order valence-corrected chi connectivity index (χ1v) is 4.16. The number of hydrogen-bond donors (Lipinski definition) is 1. The van der Waals surface area contributed by atoms with Crippen LogP contribution in [-0.2, 0) is 9.59 Å². The van der Waals surface area contributed by atoms with Gasteiger partial charge in [-0.1, -0.05) is 13.3 Å². The molecule has 7 heteroatoms.